The highest BCUT2D eigenvalue weighted by atomic mass is 16.6. The molecule has 1 aliphatic heterocycles. The van der Waals surface area contributed by atoms with E-state index in [-0.39, 0.29) is 0 Å². The number of rotatable bonds is 2. The van der Waals surface area contributed by atoms with Gasteiger partial charge in [-0.25, -0.2) is 9.59 Å². The number of carboxylic acids is 1. The molecule has 1 N–H and O–H groups in total. The standard InChI is InChI=1S/C16H21NO4/c1-16(2,3)21-15(20)17-10-9-12(13(17)14(18)19)11-7-5-4-6-8-11/h4-8,12-13H,9-10H2,1-3H3,(H,18,19)/t12-,13-/m0/s1/i7D. The third kappa shape index (κ3) is 3.54. The number of hydrogen-bond acceptors (Lipinski definition) is 3. The SMILES string of the molecule is [2H]c1ccccc1[C@@H]1CCN(C(=O)OC(C)(C)C)[C@@H]1C(=O)O. The van der Waals surface area contributed by atoms with Crippen LogP contribution >= 0.6 is 0 Å². The summed E-state index contributed by atoms with van der Waals surface area (Å²) in [5.41, 5.74) is -0.0214. The highest BCUT2D eigenvalue weighted by Gasteiger charge is 2.44. The molecule has 0 aromatic heterocycles. The van der Waals surface area contributed by atoms with Gasteiger partial charge in [-0.3, -0.25) is 4.90 Å². The highest BCUT2D eigenvalue weighted by molar-refractivity contribution is 5.82. The minimum atomic E-state index is -1.07. The van der Waals surface area contributed by atoms with Crippen molar-refractivity contribution in [1.82, 2.24) is 4.90 Å². The molecule has 1 saturated heterocycles. The lowest BCUT2D eigenvalue weighted by atomic mass is 9.92. The molecule has 114 valence electrons. The van der Waals surface area contributed by atoms with Crippen molar-refractivity contribution in [3.8, 4) is 0 Å². The van der Waals surface area contributed by atoms with Crippen molar-refractivity contribution in [2.45, 2.75) is 44.8 Å². The van der Waals surface area contributed by atoms with Crippen LogP contribution in [0.2, 0.25) is 0 Å². The van der Waals surface area contributed by atoms with Crippen LogP contribution in [0.25, 0.3) is 0 Å². The lowest BCUT2D eigenvalue weighted by molar-refractivity contribution is -0.142. The number of amides is 1. The zero-order valence-corrected chi connectivity index (χ0v) is 12.5. The van der Waals surface area contributed by atoms with Crippen molar-refractivity contribution in [2.24, 2.45) is 0 Å². The molecule has 0 spiro atoms. The normalized spacial score (nSPS) is 22.8. The Balaban J connectivity index is 2.27. The molecule has 21 heavy (non-hydrogen) atoms. The number of carbonyl (C=O) groups is 2. The van der Waals surface area contributed by atoms with Crippen molar-refractivity contribution in [3.63, 3.8) is 0 Å². The molecule has 5 nitrogen and oxygen atoms in total. The average Bonchev–Trinajstić information content (AvgIpc) is 2.82. The van der Waals surface area contributed by atoms with E-state index < -0.39 is 29.6 Å². The number of carbonyl (C=O) groups excluding carboxylic acids is 1. The van der Waals surface area contributed by atoms with Gasteiger partial charge in [-0.1, -0.05) is 30.3 Å². The summed E-state index contributed by atoms with van der Waals surface area (Å²) in [6.07, 6.45) is -0.114. The van der Waals surface area contributed by atoms with Gasteiger partial charge in [0.25, 0.3) is 0 Å². The first-order valence-electron chi connectivity index (χ1n) is 7.48. The van der Waals surface area contributed by atoms with Gasteiger partial charge in [-0.15, -0.1) is 0 Å². The maximum absolute atomic E-state index is 12.2. The Morgan fingerprint density at radius 1 is 1.38 bits per heavy atom. The summed E-state index contributed by atoms with van der Waals surface area (Å²) in [5, 5.41) is 9.54. The Labute approximate surface area is 125 Å². The molecule has 1 amide bonds. The fourth-order valence-corrected chi connectivity index (χ4v) is 2.59. The molecule has 1 fully saturated rings. The van der Waals surface area contributed by atoms with Gasteiger partial charge >= 0.3 is 12.1 Å². The van der Waals surface area contributed by atoms with Crippen LogP contribution in [-0.4, -0.2) is 40.3 Å². The average molecular weight is 292 g/mol. The predicted octanol–water partition coefficient (Wildman–Crippen LogP) is 2.86. The summed E-state index contributed by atoms with van der Waals surface area (Å²) in [7, 11) is 0. The Morgan fingerprint density at radius 2 is 2.10 bits per heavy atom. The van der Waals surface area contributed by atoms with Gasteiger partial charge in [0.2, 0.25) is 0 Å². The number of nitrogens with zero attached hydrogens (tertiary/aromatic N) is 1. The van der Waals surface area contributed by atoms with Crippen LogP contribution in [0.3, 0.4) is 0 Å². The Bertz CT molecular complexity index is 582. The molecule has 2 rings (SSSR count). The molecule has 1 heterocycles. The molecule has 1 aromatic carbocycles. The Kier molecular flexibility index (Phi) is 3.82. The van der Waals surface area contributed by atoms with Crippen molar-refractivity contribution in [3.05, 3.63) is 35.9 Å². The highest BCUT2D eigenvalue weighted by Crippen LogP contribution is 2.34. The second-order valence-electron chi connectivity index (χ2n) is 6.17. The van der Waals surface area contributed by atoms with Crippen LogP contribution in [0, 0.1) is 0 Å². The summed E-state index contributed by atoms with van der Waals surface area (Å²) < 4.78 is 13.2. The fraction of sp³-hybridized carbons (Fsp3) is 0.500. The second kappa shape index (κ2) is 5.76. The second-order valence-corrected chi connectivity index (χ2v) is 6.17. The quantitative estimate of drug-likeness (QED) is 0.910. The number of carboxylic acid groups (broad SMARTS) is 1. The van der Waals surface area contributed by atoms with Gasteiger partial charge in [0, 0.05) is 12.5 Å². The minimum absolute atomic E-state index is 0.296. The number of likely N-dealkylation sites (tertiary alicyclic amines) is 1. The van der Waals surface area contributed by atoms with Crippen molar-refractivity contribution in [2.75, 3.05) is 6.54 Å². The van der Waals surface area contributed by atoms with E-state index in [4.69, 9.17) is 6.11 Å². The number of ether oxygens (including phenoxy) is 1. The molecule has 5 heteroatoms. The molecule has 1 aliphatic rings. The van der Waals surface area contributed by atoms with E-state index in [0.29, 0.717) is 24.6 Å². The van der Waals surface area contributed by atoms with Crippen LogP contribution in [0.15, 0.2) is 30.3 Å². The molecule has 0 unspecified atom stereocenters. The van der Waals surface area contributed by atoms with Gasteiger partial charge < -0.3 is 9.84 Å². The molecule has 0 bridgehead atoms. The first-order chi connectivity index (χ1) is 10.2. The van der Waals surface area contributed by atoms with E-state index in [1.54, 1.807) is 45.0 Å². The van der Waals surface area contributed by atoms with Crippen LogP contribution in [0.1, 0.15) is 40.0 Å². The van der Waals surface area contributed by atoms with Gasteiger partial charge in [0.05, 0.1) is 1.37 Å². The van der Waals surface area contributed by atoms with Gasteiger partial charge in [0.15, 0.2) is 0 Å². The minimum Gasteiger partial charge on any atom is -0.480 e. The van der Waals surface area contributed by atoms with Crippen molar-refractivity contribution < 1.29 is 20.8 Å². The summed E-state index contributed by atoms with van der Waals surface area (Å²) in [6.45, 7) is 5.54. The molecule has 0 aliphatic carbocycles. The van der Waals surface area contributed by atoms with Crippen LogP contribution in [0.5, 0.6) is 0 Å². The molecule has 1 aromatic rings. The molecule has 0 saturated carbocycles. The van der Waals surface area contributed by atoms with Crippen LogP contribution < -0.4 is 0 Å². The van der Waals surface area contributed by atoms with Crippen molar-refractivity contribution >= 4 is 12.1 Å². The van der Waals surface area contributed by atoms with E-state index in [9.17, 15) is 14.7 Å². The summed E-state index contributed by atoms with van der Waals surface area (Å²) in [5.74, 6) is -1.46. The number of aliphatic carboxylic acids is 1. The third-order valence-corrected chi connectivity index (χ3v) is 3.41. The maximum atomic E-state index is 12.2. The zero-order chi connectivity index (χ0) is 16.5. The Morgan fingerprint density at radius 3 is 2.67 bits per heavy atom. The van der Waals surface area contributed by atoms with Crippen molar-refractivity contribution in [1.29, 1.82) is 0 Å². The van der Waals surface area contributed by atoms with E-state index in [1.807, 2.05) is 0 Å². The predicted molar refractivity (Wildman–Crippen MR) is 78.2 cm³/mol. The lowest BCUT2D eigenvalue weighted by Gasteiger charge is -2.28. The van der Waals surface area contributed by atoms with E-state index in [1.165, 1.54) is 4.90 Å². The topological polar surface area (TPSA) is 66.8 Å². The fourth-order valence-electron chi connectivity index (χ4n) is 2.59. The van der Waals surface area contributed by atoms with E-state index in [0.717, 1.165) is 0 Å². The van der Waals surface area contributed by atoms with Crippen LogP contribution in [0.4, 0.5) is 4.79 Å². The summed E-state index contributed by atoms with van der Waals surface area (Å²) in [6, 6.07) is 6.20. The van der Waals surface area contributed by atoms with E-state index >= 15 is 0 Å². The lowest BCUT2D eigenvalue weighted by Crippen LogP contribution is -2.45. The van der Waals surface area contributed by atoms with Gasteiger partial charge in [0.1, 0.15) is 11.6 Å². The molecule has 2 atom stereocenters. The first-order valence-corrected chi connectivity index (χ1v) is 6.98. The van der Waals surface area contributed by atoms with E-state index in [2.05, 4.69) is 0 Å². The summed E-state index contributed by atoms with van der Waals surface area (Å²) in [4.78, 5) is 25.2. The molecular formula is C16H21NO4. The smallest absolute Gasteiger partial charge is 0.411 e. The monoisotopic (exact) mass is 292 g/mol. The zero-order valence-electron chi connectivity index (χ0n) is 13.5. The summed E-state index contributed by atoms with van der Waals surface area (Å²) >= 11 is 0. The van der Waals surface area contributed by atoms with Crippen LogP contribution in [-0.2, 0) is 9.53 Å². The largest absolute Gasteiger partial charge is 0.480 e. The third-order valence-electron chi connectivity index (χ3n) is 3.41. The first kappa shape index (κ1) is 13.9. The maximum Gasteiger partial charge on any atom is 0.411 e. The molecular weight excluding hydrogens is 270 g/mol. The van der Waals surface area contributed by atoms with Gasteiger partial charge in [-0.2, -0.15) is 0 Å². The molecule has 0 radical (unpaired) electrons. The number of hydrogen-bond donors (Lipinski definition) is 1. The van der Waals surface area contributed by atoms with Gasteiger partial charge in [-0.05, 0) is 32.8 Å². The Hall–Kier alpha value is -2.04. The number of benzene rings is 1.